The smallest absolute Gasteiger partial charge is 0.129 e. The van der Waals surface area contributed by atoms with Crippen molar-refractivity contribution in [2.24, 2.45) is 7.05 Å². The van der Waals surface area contributed by atoms with Crippen molar-refractivity contribution in [3.05, 3.63) is 30.0 Å². The van der Waals surface area contributed by atoms with Crippen LogP contribution >= 0.6 is 0 Å². The van der Waals surface area contributed by atoms with Gasteiger partial charge in [-0.3, -0.25) is 4.68 Å². The molecule has 0 unspecified atom stereocenters. The Hall–Kier alpha value is -1.97. The van der Waals surface area contributed by atoms with E-state index in [9.17, 15) is 0 Å². The zero-order chi connectivity index (χ0) is 12.6. The van der Waals surface area contributed by atoms with Crippen molar-refractivity contribution in [3.8, 4) is 11.1 Å². The van der Waals surface area contributed by atoms with E-state index in [1.807, 2.05) is 27.3 Å². The Bertz CT molecular complexity index is 540. The molecule has 4 heteroatoms. The van der Waals surface area contributed by atoms with Crippen molar-refractivity contribution in [2.45, 2.75) is 6.92 Å². The Labute approximate surface area is 102 Å². The molecule has 0 saturated carbocycles. The highest BCUT2D eigenvalue weighted by atomic mass is 15.3. The van der Waals surface area contributed by atoms with Crippen molar-refractivity contribution in [3.63, 3.8) is 0 Å². The molecule has 0 atom stereocenters. The Kier molecular flexibility index (Phi) is 2.79. The third-order valence-corrected chi connectivity index (χ3v) is 2.99. The molecular weight excluding hydrogens is 212 g/mol. The summed E-state index contributed by atoms with van der Waals surface area (Å²) in [5.41, 5.74) is 10.6. The molecule has 2 N–H and O–H groups in total. The second-order valence-corrected chi connectivity index (χ2v) is 4.43. The first-order chi connectivity index (χ1) is 8.02. The van der Waals surface area contributed by atoms with Crippen molar-refractivity contribution < 1.29 is 0 Å². The first kappa shape index (κ1) is 11.5. The zero-order valence-corrected chi connectivity index (χ0v) is 10.7. The number of nitrogen functional groups attached to an aromatic ring is 1. The maximum absolute atomic E-state index is 6.05. The summed E-state index contributed by atoms with van der Waals surface area (Å²) in [7, 11) is 5.92. The second-order valence-electron chi connectivity index (χ2n) is 4.43. The number of anilines is 2. The summed E-state index contributed by atoms with van der Waals surface area (Å²) in [5, 5.41) is 4.21. The van der Waals surface area contributed by atoms with Crippen molar-refractivity contribution in [1.82, 2.24) is 9.78 Å². The molecule has 0 aliphatic carbocycles. The third-order valence-electron chi connectivity index (χ3n) is 2.99. The van der Waals surface area contributed by atoms with Gasteiger partial charge in [-0.1, -0.05) is 12.1 Å². The standard InChI is InChI=1S/C13H18N4/c1-9-6-5-7-11(16(2)3)12(9)10-8-15-17(4)13(10)14/h5-8H,14H2,1-4H3. The first-order valence-corrected chi connectivity index (χ1v) is 5.57. The summed E-state index contributed by atoms with van der Waals surface area (Å²) in [6, 6.07) is 6.24. The normalized spacial score (nSPS) is 10.6. The number of hydrogen-bond donors (Lipinski definition) is 1. The van der Waals surface area contributed by atoms with E-state index in [1.165, 1.54) is 5.56 Å². The molecule has 2 rings (SSSR count). The predicted octanol–water partition coefficient (Wildman–Crippen LogP) is 2.04. The highest BCUT2D eigenvalue weighted by Gasteiger charge is 2.14. The van der Waals surface area contributed by atoms with Gasteiger partial charge in [-0.2, -0.15) is 5.10 Å². The number of nitrogens with two attached hydrogens (primary N) is 1. The van der Waals surface area contributed by atoms with Crippen LogP contribution in [-0.4, -0.2) is 23.9 Å². The molecule has 0 amide bonds. The van der Waals surface area contributed by atoms with Crippen LogP contribution < -0.4 is 10.6 Å². The molecular formula is C13H18N4. The molecule has 0 aliphatic rings. The predicted molar refractivity (Wildman–Crippen MR) is 72.1 cm³/mol. The van der Waals surface area contributed by atoms with Gasteiger partial charge < -0.3 is 10.6 Å². The van der Waals surface area contributed by atoms with Gasteiger partial charge >= 0.3 is 0 Å². The summed E-state index contributed by atoms with van der Waals surface area (Å²) in [5.74, 6) is 0.697. The van der Waals surface area contributed by atoms with E-state index in [4.69, 9.17) is 5.73 Å². The Morgan fingerprint density at radius 1 is 1.29 bits per heavy atom. The van der Waals surface area contributed by atoms with Gasteiger partial charge in [0, 0.05) is 38.0 Å². The number of hydrogen-bond acceptors (Lipinski definition) is 3. The molecule has 0 bridgehead atoms. The fraction of sp³-hybridized carbons (Fsp3) is 0.308. The number of nitrogens with zero attached hydrogens (tertiary/aromatic N) is 3. The Morgan fingerprint density at radius 2 is 2.00 bits per heavy atom. The van der Waals surface area contributed by atoms with Crippen LogP contribution in [0.5, 0.6) is 0 Å². The Balaban J connectivity index is 2.70. The highest BCUT2D eigenvalue weighted by Crippen LogP contribution is 2.35. The average Bonchev–Trinajstić information content (AvgIpc) is 2.60. The summed E-state index contributed by atoms with van der Waals surface area (Å²) >= 11 is 0. The lowest BCUT2D eigenvalue weighted by molar-refractivity contribution is 0.779. The minimum absolute atomic E-state index is 0.697. The maximum atomic E-state index is 6.05. The number of aromatic nitrogens is 2. The van der Waals surface area contributed by atoms with E-state index in [0.29, 0.717) is 5.82 Å². The van der Waals surface area contributed by atoms with Crippen LogP contribution in [0.25, 0.3) is 11.1 Å². The van der Waals surface area contributed by atoms with Crippen LogP contribution in [0.15, 0.2) is 24.4 Å². The minimum Gasteiger partial charge on any atom is -0.383 e. The molecule has 1 heterocycles. The van der Waals surface area contributed by atoms with Crippen LogP contribution in [0.4, 0.5) is 11.5 Å². The fourth-order valence-electron chi connectivity index (χ4n) is 2.01. The van der Waals surface area contributed by atoms with Gasteiger partial charge in [-0.15, -0.1) is 0 Å². The molecule has 17 heavy (non-hydrogen) atoms. The molecule has 90 valence electrons. The van der Waals surface area contributed by atoms with Crippen LogP contribution in [0.3, 0.4) is 0 Å². The van der Waals surface area contributed by atoms with Crippen LogP contribution in [0, 0.1) is 6.92 Å². The van der Waals surface area contributed by atoms with Gasteiger partial charge in [0.2, 0.25) is 0 Å². The number of rotatable bonds is 2. The van der Waals surface area contributed by atoms with Gasteiger partial charge in [0.15, 0.2) is 0 Å². The summed E-state index contributed by atoms with van der Waals surface area (Å²) < 4.78 is 1.70. The topological polar surface area (TPSA) is 47.1 Å². The zero-order valence-electron chi connectivity index (χ0n) is 10.7. The summed E-state index contributed by atoms with van der Waals surface area (Å²) in [6.45, 7) is 2.09. The molecule has 2 aromatic rings. The van der Waals surface area contributed by atoms with Gasteiger partial charge in [0.05, 0.1) is 6.20 Å². The molecule has 0 spiro atoms. The quantitative estimate of drug-likeness (QED) is 0.858. The average molecular weight is 230 g/mol. The lowest BCUT2D eigenvalue weighted by Crippen LogP contribution is -2.11. The van der Waals surface area contributed by atoms with Crippen LogP contribution in [-0.2, 0) is 7.05 Å². The fourth-order valence-corrected chi connectivity index (χ4v) is 2.01. The van der Waals surface area contributed by atoms with Crippen molar-refractivity contribution in [1.29, 1.82) is 0 Å². The molecule has 0 fully saturated rings. The largest absolute Gasteiger partial charge is 0.383 e. The van der Waals surface area contributed by atoms with Crippen LogP contribution in [0.1, 0.15) is 5.56 Å². The van der Waals surface area contributed by atoms with Gasteiger partial charge in [-0.25, -0.2) is 0 Å². The minimum atomic E-state index is 0.697. The molecule has 4 nitrogen and oxygen atoms in total. The second kappa shape index (κ2) is 4.13. The van der Waals surface area contributed by atoms with Crippen LogP contribution in [0.2, 0.25) is 0 Å². The van der Waals surface area contributed by atoms with Crippen molar-refractivity contribution >= 4 is 11.5 Å². The van der Waals surface area contributed by atoms with Gasteiger partial charge in [0.25, 0.3) is 0 Å². The maximum Gasteiger partial charge on any atom is 0.129 e. The monoisotopic (exact) mass is 230 g/mol. The molecule has 0 aliphatic heterocycles. The molecule has 1 aromatic carbocycles. The van der Waals surface area contributed by atoms with E-state index in [-0.39, 0.29) is 0 Å². The number of benzene rings is 1. The summed E-state index contributed by atoms with van der Waals surface area (Å²) in [6.07, 6.45) is 1.82. The molecule has 0 saturated heterocycles. The highest BCUT2D eigenvalue weighted by molar-refractivity contribution is 5.86. The van der Waals surface area contributed by atoms with E-state index in [0.717, 1.165) is 16.8 Å². The lowest BCUT2D eigenvalue weighted by atomic mass is 10.00. The van der Waals surface area contributed by atoms with E-state index in [1.54, 1.807) is 4.68 Å². The summed E-state index contributed by atoms with van der Waals surface area (Å²) in [4.78, 5) is 2.09. The van der Waals surface area contributed by atoms with E-state index in [2.05, 4.69) is 35.1 Å². The number of aryl methyl sites for hydroxylation is 2. The van der Waals surface area contributed by atoms with Gasteiger partial charge in [0.1, 0.15) is 5.82 Å². The molecule has 1 aromatic heterocycles. The van der Waals surface area contributed by atoms with Crippen molar-refractivity contribution in [2.75, 3.05) is 24.7 Å². The van der Waals surface area contributed by atoms with E-state index < -0.39 is 0 Å². The lowest BCUT2D eigenvalue weighted by Gasteiger charge is -2.19. The SMILES string of the molecule is Cc1cccc(N(C)C)c1-c1cnn(C)c1N. The van der Waals surface area contributed by atoms with Gasteiger partial charge in [-0.05, 0) is 18.6 Å². The Morgan fingerprint density at radius 3 is 2.53 bits per heavy atom. The molecule has 0 radical (unpaired) electrons. The van der Waals surface area contributed by atoms with E-state index >= 15 is 0 Å². The first-order valence-electron chi connectivity index (χ1n) is 5.57. The third kappa shape index (κ3) is 1.86.